The Kier molecular flexibility index (Phi) is 3.83. The van der Waals surface area contributed by atoms with E-state index < -0.39 is 11.7 Å². The van der Waals surface area contributed by atoms with E-state index in [1.807, 2.05) is 0 Å². The summed E-state index contributed by atoms with van der Waals surface area (Å²) in [5.74, 6) is 0.200. The number of alkyl halides is 3. The molecule has 1 amide bonds. The van der Waals surface area contributed by atoms with Crippen LogP contribution in [0.2, 0.25) is 0 Å². The highest BCUT2D eigenvalue weighted by molar-refractivity contribution is 5.79. The molecule has 1 aliphatic rings. The third-order valence-corrected chi connectivity index (χ3v) is 3.53. The van der Waals surface area contributed by atoms with Crippen LogP contribution >= 0.6 is 0 Å². The molecule has 0 N–H and O–H groups in total. The summed E-state index contributed by atoms with van der Waals surface area (Å²) in [6, 6.07) is 4.95. The molecule has 1 aromatic rings. The predicted octanol–water partition coefficient (Wildman–Crippen LogP) is 3.46. The molecule has 5 heteroatoms. The Hall–Kier alpha value is -1.52. The third kappa shape index (κ3) is 3.28. The van der Waals surface area contributed by atoms with Crippen LogP contribution in [-0.4, -0.2) is 17.9 Å². The number of rotatable bonds is 3. The topological polar surface area (TPSA) is 20.3 Å². The van der Waals surface area contributed by atoms with Crippen LogP contribution in [-0.2, 0) is 17.5 Å². The van der Waals surface area contributed by atoms with E-state index >= 15 is 0 Å². The van der Waals surface area contributed by atoms with Gasteiger partial charge in [0.1, 0.15) is 0 Å². The van der Waals surface area contributed by atoms with Gasteiger partial charge in [-0.3, -0.25) is 4.79 Å². The van der Waals surface area contributed by atoms with E-state index in [-0.39, 0.29) is 11.8 Å². The molecule has 0 unspecified atom stereocenters. The van der Waals surface area contributed by atoms with Crippen molar-refractivity contribution in [3.05, 3.63) is 35.4 Å². The number of amides is 1. The van der Waals surface area contributed by atoms with Crippen LogP contribution in [0, 0.1) is 5.92 Å². The Morgan fingerprint density at radius 2 is 1.84 bits per heavy atom. The Labute approximate surface area is 110 Å². The fraction of sp³-hybridized carbons (Fsp3) is 0.500. The molecule has 1 fully saturated rings. The van der Waals surface area contributed by atoms with Crippen molar-refractivity contribution in [2.75, 3.05) is 7.05 Å². The van der Waals surface area contributed by atoms with Crippen molar-refractivity contribution in [3.8, 4) is 0 Å². The third-order valence-electron chi connectivity index (χ3n) is 3.53. The molecule has 0 bridgehead atoms. The Bertz CT molecular complexity index is 449. The Balaban J connectivity index is 1.97. The van der Waals surface area contributed by atoms with Crippen molar-refractivity contribution >= 4 is 5.91 Å². The molecule has 104 valence electrons. The fourth-order valence-corrected chi connectivity index (χ4v) is 2.12. The summed E-state index contributed by atoms with van der Waals surface area (Å²) in [6.45, 7) is 0.355. The second-order valence-corrected chi connectivity index (χ2v) is 5.02. The summed E-state index contributed by atoms with van der Waals surface area (Å²) < 4.78 is 37.2. The van der Waals surface area contributed by atoms with E-state index in [9.17, 15) is 18.0 Å². The van der Waals surface area contributed by atoms with Crippen LogP contribution in [0.1, 0.15) is 30.4 Å². The molecule has 0 spiro atoms. The largest absolute Gasteiger partial charge is 0.416 e. The molecule has 19 heavy (non-hydrogen) atoms. The number of carbonyl (C=O) groups excluding carboxylic acids is 1. The quantitative estimate of drug-likeness (QED) is 0.824. The fourth-order valence-electron chi connectivity index (χ4n) is 2.12. The van der Waals surface area contributed by atoms with Crippen molar-refractivity contribution in [1.82, 2.24) is 4.90 Å². The van der Waals surface area contributed by atoms with Crippen molar-refractivity contribution in [1.29, 1.82) is 0 Å². The molecule has 0 heterocycles. The molecule has 2 rings (SSSR count). The number of benzene rings is 1. The summed E-state index contributed by atoms with van der Waals surface area (Å²) in [4.78, 5) is 13.5. The maximum absolute atomic E-state index is 12.4. The first-order valence-electron chi connectivity index (χ1n) is 6.29. The molecule has 0 atom stereocenters. The lowest BCUT2D eigenvalue weighted by molar-refractivity contribution is -0.138. The first kappa shape index (κ1) is 13.9. The van der Waals surface area contributed by atoms with Gasteiger partial charge in [0.15, 0.2) is 0 Å². The molecule has 1 saturated carbocycles. The number of halogens is 3. The van der Waals surface area contributed by atoms with Crippen LogP contribution in [0.15, 0.2) is 24.3 Å². The lowest BCUT2D eigenvalue weighted by atomic mass is 9.84. The van der Waals surface area contributed by atoms with Gasteiger partial charge in [-0.1, -0.05) is 18.6 Å². The Morgan fingerprint density at radius 1 is 1.26 bits per heavy atom. The van der Waals surface area contributed by atoms with E-state index in [1.165, 1.54) is 12.1 Å². The maximum atomic E-state index is 12.4. The van der Waals surface area contributed by atoms with Crippen molar-refractivity contribution in [2.45, 2.75) is 32.0 Å². The number of nitrogens with zero attached hydrogens (tertiary/aromatic N) is 1. The molecule has 0 aromatic heterocycles. The summed E-state index contributed by atoms with van der Waals surface area (Å²) in [7, 11) is 1.69. The van der Waals surface area contributed by atoms with Gasteiger partial charge in [-0.05, 0) is 30.5 Å². The van der Waals surface area contributed by atoms with Crippen molar-refractivity contribution in [2.24, 2.45) is 5.92 Å². The van der Waals surface area contributed by atoms with Crippen LogP contribution in [0.5, 0.6) is 0 Å². The SMILES string of the molecule is CN(Cc1ccc(C(F)(F)F)cc1)C(=O)C1CCC1. The molecule has 0 radical (unpaired) electrons. The molecule has 2 nitrogen and oxygen atoms in total. The zero-order chi connectivity index (χ0) is 14.0. The predicted molar refractivity (Wildman–Crippen MR) is 65.3 cm³/mol. The average Bonchev–Trinajstić information content (AvgIpc) is 2.26. The second kappa shape index (κ2) is 5.23. The van der Waals surface area contributed by atoms with Gasteiger partial charge in [-0.15, -0.1) is 0 Å². The van der Waals surface area contributed by atoms with Gasteiger partial charge < -0.3 is 4.90 Å². The van der Waals surface area contributed by atoms with E-state index in [0.29, 0.717) is 12.1 Å². The monoisotopic (exact) mass is 271 g/mol. The minimum atomic E-state index is -4.31. The van der Waals surface area contributed by atoms with E-state index in [4.69, 9.17) is 0 Å². The van der Waals surface area contributed by atoms with Crippen molar-refractivity contribution < 1.29 is 18.0 Å². The van der Waals surface area contributed by atoms with Crippen LogP contribution < -0.4 is 0 Å². The molecule has 1 aliphatic carbocycles. The second-order valence-electron chi connectivity index (χ2n) is 5.02. The minimum absolute atomic E-state index is 0.0890. The number of hydrogen-bond acceptors (Lipinski definition) is 1. The first-order chi connectivity index (χ1) is 8.88. The first-order valence-corrected chi connectivity index (χ1v) is 6.29. The minimum Gasteiger partial charge on any atom is -0.341 e. The normalized spacial score (nSPS) is 16.0. The molecule has 0 saturated heterocycles. The van der Waals surface area contributed by atoms with Gasteiger partial charge in [0.05, 0.1) is 5.56 Å². The van der Waals surface area contributed by atoms with Crippen LogP contribution in [0.3, 0.4) is 0 Å². The van der Waals surface area contributed by atoms with E-state index in [0.717, 1.165) is 31.4 Å². The molecular formula is C14H16F3NO. The van der Waals surface area contributed by atoms with Crippen molar-refractivity contribution in [3.63, 3.8) is 0 Å². The van der Waals surface area contributed by atoms with Crippen LogP contribution in [0.25, 0.3) is 0 Å². The lowest BCUT2D eigenvalue weighted by Crippen LogP contribution is -2.35. The standard InChI is InChI=1S/C14H16F3NO/c1-18(13(19)11-3-2-4-11)9-10-5-7-12(8-6-10)14(15,16)17/h5-8,11H,2-4,9H2,1H3. The summed E-state index contributed by atoms with van der Waals surface area (Å²) in [5, 5.41) is 0. The smallest absolute Gasteiger partial charge is 0.341 e. The summed E-state index contributed by atoms with van der Waals surface area (Å²) in [5.41, 5.74) is 0.0485. The highest BCUT2D eigenvalue weighted by atomic mass is 19.4. The molecule has 1 aromatic carbocycles. The van der Waals surface area contributed by atoms with Crippen LogP contribution in [0.4, 0.5) is 13.2 Å². The van der Waals surface area contributed by atoms with Gasteiger partial charge in [-0.2, -0.15) is 13.2 Å². The zero-order valence-corrected chi connectivity index (χ0v) is 10.7. The molecule has 0 aliphatic heterocycles. The van der Waals surface area contributed by atoms with Gasteiger partial charge in [-0.25, -0.2) is 0 Å². The van der Waals surface area contributed by atoms with E-state index in [2.05, 4.69) is 0 Å². The Morgan fingerprint density at radius 3 is 2.26 bits per heavy atom. The van der Waals surface area contributed by atoms with Gasteiger partial charge >= 0.3 is 6.18 Å². The highest BCUT2D eigenvalue weighted by Gasteiger charge is 2.30. The zero-order valence-electron chi connectivity index (χ0n) is 10.7. The average molecular weight is 271 g/mol. The summed E-state index contributed by atoms with van der Waals surface area (Å²) in [6.07, 6.45) is -1.37. The van der Waals surface area contributed by atoms with Gasteiger partial charge in [0, 0.05) is 19.5 Å². The highest BCUT2D eigenvalue weighted by Crippen LogP contribution is 2.30. The van der Waals surface area contributed by atoms with Gasteiger partial charge in [0.25, 0.3) is 0 Å². The number of carbonyl (C=O) groups is 1. The van der Waals surface area contributed by atoms with E-state index in [1.54, 1.807) is 11.9 Å². The summed E-state index contributed by atoms with van der Waals surface area (Å²) >= 11 is 0. The molecular weight excluding hydrogens is 255 g/mol. The number of hydrogen-bond donors (Lipinski definition) is 0. The maximum Gasteiger partial charge on any atom is 0.416 e. The lowest BCUT2D eigenvalue weighted by Gasteiger charge is -2.29. The van der Waals surface area contributed by atoms with Gasteiger partial charge in [0.2, 0.25) is 5.91 Å².